The lowest BCUT2D eigenvalue weighted by molar-refractivity contribution is -0.141. The summed E-state index contributed by atoms with van der Waals surface area (Å²) in [6, 6.07) is 9.47. The predicted octanol–water partition coefficient (Wildman–Crippen LogP) is 3.04. The summed E-state index contributed by atoms with van der Waals surface area (Å²) in [7, 11) is 1.27. The van der Waals surface area contributed by atoms with E-state index in [-0.39, 0.29) is 0 Å². The molecule has 1 aromatic heterocycles. The number of carbonyl (C=O) groups excluding carboxylic acids is 1. The molecule has 24 heavy (non-hydrogen) atoms. The number of ether oxygens (including phenoxy) is 1. The summed E-state index contributed by atoms with van der Waals surface area (Å²) < 4.78 is 4.78. The van der Waals surface area contributed by atoms with Crippen molar-refractivity contribution in [1.29, 1.82) is 5.26 Å². The molecule has 0 saturated carbocycles. The van der Waals surface area contributed by atoms with E-state index in [1.54, 1.807) is 0 Å². The molecule has 0 radical (unpaired) electrons. The molecule has 0 aliphatic carbocycles. The van der Waals surface area contributed by atoms with Gasteiger partial charge in [0.1, 0.15) is 5.69 Å². The number of nitrogens with zero attached hydrogens (tertiary/aromatic N) is 4. The molecule has 6 nitrogen and oxygen atoms in total. The summed E-state index contributed by atoms with van der Waals surface area (Å²) in [4.78, 5) is 23.4. The van der Waals surface area contributed by atoms with Gasteiger partial charge < -0.3 is 9.64 Å². The van der Waals surface area contributed by atoms with E-state index >= 15 is 0 Å². The number of aromatic nitrogens is 2. The number of fused-ring (bicyclic) bond motifs is 1. The van der Waals surface area contributed by atoms with E-state index in [1.165, 1.54) is 7.11 Å². The lowest BCUT2D eigenvalue weighted by atomic mass is 10.1. The molecule has 0 aliphatic rings. The van der Waals surface area contributed by atoms with Crippen molar-refractivity contribution in [2.24, 2.45) is 0 Å². The molecule has 0 unspecified atom stereocenters. The number of hydrogen-bond acceptors (Lipinski definition) is 6. The molecule has 0 bridgehead atoms. The lowest BCUT2D eigenvalue weighted by Crippen LogP contribution is -2.29. The van der Waals surface area contributed by atoms with Crippen molar-refractivity contribution < 1.29 is 9.53 Å². The van der Waals surface area contributed by atoms with Crippen LogP contribution < -0.4 is 4.90 Å². The van der Waals surface area contributed by atoms with Crippen molar-refractivity contribution in [3.05, 3.63) is 30.0 Å². The van der Waals surface area contributed by atoms with E-state index in [1.807, 2.05) is 30.3 Å². The van der Waals surface area contributed by atoms with Crippen LogP contribution in [0.4, 0.5) is 5.82 Å². The molecule has 2 aromatic rings. The zero-order valence-corrected chi connectivity index (χ0v) is 14.3. The van der Waals surface area contributed by atoms with Crippen molar-refractivity contribution in [3.63, 3.8) is 0 Å². The zero-order valence-electron chi connectivity index (χ0n) is 14.3. The highest BCUT2D eigenvalue weighted by molar-refractivity contribution is 5.85. The van der Waals surface area contributed by atoms with Crippen LogP contribution >= 0.6 is 0 Å². The SMILES string of the molecule is CCCN(CCC)c1nc2ccccc2nc1[C@H](C#N)C(=O)OC. The summed E-state index contributed by atoms with van der Waals surface area (Å²) in [6.45, 7) is 5.73. The Bertz CT molecular complexity index is 748. The molecule has 0 saturated heterocycles. The van der Waals surface area contributed by atoms with Gasteiger partial charge in [0, 0.05) is 13.1 Å². The molecule has 0 N–H and O–H groups in total. The van der Waals surface area contributed by atoms with Gasteiger partial charge in [0.15, 0.2) is 11.7 Å². The van der Waals surface area contributed by atoms with Gasteiger partial charge in [0.25, 0.3) is 0 Å². The molecule has 6 heteroatoms. The lowest BCUT2D eigenvalue weighted by Gasteiger charge is -2.25. The maximum absolute atomic E-state index is 12.0. The van der Waals surface area contributed by atoms with Gasteiger partial charge in [0.2, 0.25) is 0 Å². The molecule has 1 heterocycles. The molecular weight excluding hydrogens is 304 g/mol. The Balaban J connectivity index is 2.66. The number of esters is 1. The quantitative estimate of drug-likeness (QED) is 0.728. The van der Waals surface area contributed by atoms with Crippen LogP contribution in [0.25, 0.3) is 11.0 Å². The van der Waals surface area contributed by atoms with Crippen LogP contribution in [-0.4, -0.2) is 36.1 Å². The number of anilines is 1. The first-order valence-corrected chi connectivity index (χ1v) is 8.15. The van der Waals surface area contributed by atoms with E-state index in [0.29, 0.717) is 17.0 Å². The first-order valence-electron chi connectivity index (χ1n) is 8.15. The molecule has 1 aromatic carbocycles. The number of para-hydroxylation sites is 2. The highest BCUT2D eigenvalue weighted by atomic mass is 16.5. The fourth-order valence-electron chi connectivity index (χ4n) is 2.64. The monoisotopic (exact) mass is 326 g/mol. The maximum Gasteiger partial charge on any atom is 0.329 e. The maximum atomic E-state index is 12.0. The number of benzene rings is 1. The average Bonchev–Trinajstić information content (AvgIpc) is 2.61. The van der Waals surface area contributed by atoms with Crippen LogP contribution in [0.15, 0.2) is 24.3 Å². The smallest absolute Gasteiger partial charge is 0.329 e. The first-order chi connectivity index (χ1) is 11.7. The summed E-state index contributed by atoms with van der Waals surface area (Å²) in [5.41, 5.74) is 1.77. The summed E-state index contributed by atoms with van der Waals surface area (Å²) >= 11 is 0. The first kappa shape index (κ1) is 17.7. The molecule has 0 spiro atoms. The molecule has 126 valence electrons. The third-order valence-corrected chi connectivity index (χ3v) is 3.70. The second-order valence-corrected chi connectivity index (χ2v) is 5.49. The second-order valence-electron chi connectivity index (χ2n) is 5.49. The Morgan fingerprint density at radius 1 is 1.21 bits per heavy atom. The van der Waals surface area contributed by atoms with E-state index in [0.717, 1.165) is 31.4 Å². The Morgan fingerprint density at radius 2 is 1.79 bits per heavy atom. The number of methoxy groups -OCH3 is 1. The minimum absolute atomic E-state index is 0.366. The van der Waals surface area contributed by atoms with Gasteiger partial charge in [-0.1, -0.05) is 26.0 Å². The summed E-state index contributed by atoms with van der Waals surface area (Å²) in [5.74, 6) is -1.11. The highest BCUT2D eigenvalue weighted by Gasteiger charge is 2.29. The Kier molecular flexibility index (Phi) is 6.07. The normalized spacial score (nSPS) is 11.8. The number of carbonyl (C=O) groups is 1. The Morgan fingerprint density at radius 3 is 2.29 bits per heavy atom. The van der Waals surface area contributed by atoms with Crippen LogP contribution in [0.2, 0.25) is 0 Å². The van der Waals surface area contributed by atoms with Crippen molar-refractivity contribution in [2.45, 2.75) is 32.6 Å². The van der Waals surface area contributed by atoms with E-state index in [2.05, 4.69) is 23.7 Å². The highest BCUT2D eigenvalue weighted by Crippen LogP contribution is 2.28. The number of hydrogen-bond donors (Lipinski definition) is 0. The molecule has 1 atom stereocenters. The molecule has 2 rings (SSSR count). The van der Waals surface area contributed by atoms with Gasteiger partial charge >= 0.3 is 5.97 Å². The van der Waals surface area contributed by atoms with Crippen molar-refractivity contribution in [2.75, 3.05) is 25.1 Å². The fraction of sp³-hybridized carbons (Fsp3) is 0.444. The molecule has 0 fully saturated rings. The van der Waals surface area contributed by atoms with E-state index < -0.39 is 11.9 Å². The van der Waals surface area contributed by atoms with Gasteiger partial charge in [-0.3, -0.25) is 4.79 Å². The summed E-state index contributed by atoms with van der Waals surface area (Å²) in [6.07, 6.45) is 1.87. The zero-order chi connectivity index (χ0) is 17.5. The topological polar surface area (TPSA) is 79.1 Å². The summed E-state index contributed by atoms with van der Waals surface area (Å²) in [5, 5.41) is 9.48. The Hall–Kier alpha value is -2.68. The molecule has 0 amide bonds. The minimum atomic E-state index is -1.08. The van der Waals surface area contributed by atoms with Crippen molar-refractivity contribution in [1.82, 2.24) is 9.97 Å². The molecule has 0 aliphatic heterocycles. The van der Waals surface area contributed by atoms with Crippen molar-refractivity contribution >= 4 is 22.8 Å². The Labute approximate surface area is 142 Å². The van der Waals surface area contributed by atoms with Gasteiger partial charge in [0.05, 0.1) is 24.2 Å². The van der Waals surface area contributed by atoms with E-state index in [4.69, 9.17) is 9.72 Å². The van der Waals surface area contributed by atoms with Gasteiger partial charge in [-0.2, -0.15) is 5.26 Å². The third kappa shape index (κ3) is 3.62. The van der Waals surface area contributed by atoms with Gasteiger partial charge in [-0.05, 0) is 25.0 Å². The van der Waals surface area contributed by atoms with Crippen molar-refractivity contribution in [3.8, 4) is 6.07 Å². The third-order valence-electron chi connectivity index (χ3n) is 3.70. The van der Waals surface area contributed by atoms with Crippen LogP contribution in [0.5, 0.6) is 0 Å². The largest absolute Gasteiger partial charge is 0.468 e. The van der Waals surface area contributed by atoms with E-state index in [9.17, 15) is 10.1 Å². The number of rotatable bonds is 7. The van der Waals surface area contributed by atoms with Crippen LogP contribution in [0.3, 0.4) is 0 Å². The second kappa shape index (κ2) is 8.25. The average molecular weight is 326 g/mol. The minimum Gasteiger partial charge on any atom is -0.468 e. The van der Waals surface area contributed by atoms with Crippen LogP contribution in [0, 0.1) is 11.3 Å². The fourth-order valence-corrected chi connectivity index (χ4v) is 2.64. The molecular formula is C18H22N4O2. The standard InChI is InChI=1S/C18H22N4O2/c1-4-10-22(11-5-2)17-16(13(12-19)18(23)24-3)20-14-8-6-7-9-15(14)21-17/h6-9,13H,4-5,10-11H2,1-3H3/t13-/m0/s1. The van der Waals surface area contributed by atoms with Gasteiger partial charge in [-0.25, -0.2) is 9.97 Å². The van der Waals surface area contributed by atoms with Crippen LogP contribution in [-0.2, 0) is 9.53 Å². The van der Waals surface area contributed by atoms with Crippen LogP contribution in [0.1, 0.15) is 38.3 Å². The predicted molar refractivity (Wildman–Crippen MR) is 92.7 cm³/mol. The number of nitriles is 1. The van der Waals surface area contributed by atoms with Gasteiger partial charge in [-0.15, -0.1) is 0 Å².